The number of piperazine rings is 1. The quantitative estimate of drug-likeness (QED) is 0.425. The van der Waals surface area contributed by atoms with Gasteiger partial charge in [-0.05, 0) is 51.5 Å². The third-order valence-electron chi connectivity index (χ3n) is 5.65. The summed E-state index contributed by atoms with van der Waals surface area (Å²) in [6.07, 6.45) is 3.72. The second-order valence-corrected chi connectivity index (χ2v) is 9.61. The van der Waals surface area contributed by atoms with Crippen molar-refractivity contribution in [1.82, 2.24) is 29.3 Å². The average Bonchev–Trinajstić information content (AvgIpc) is 3.15. The van der Waals surface area contributed by atoms with Crippen LogP contribution in [0.25, 0.3) is 22.6 Å². The summed E-state index contributed by atoms with van der Waals surface area (Å²) in [6, 6.07) is 7.30. The Labute approximate surface area is 204 Å². The van der Waals surface area contributed by atoms with Crippen LogP contribution in [-0.2, 0) is 4.74 Å². The summed E-state index contributed by atoms with van der Waals surface area (Å²) in [5.41, 5.74) is 7.79. The first-order chi connectivity index (χ1) is 16.2. The van der Waals surface area contributed by atoms with E-state index < -0.39 is 5.60 Å². The number of hydrogen-bond donors (Lipinski definition) is 1. The fourth-order valence-electron chi connectivity index (χ4n) is 4.13. The van der Waals surface area contributed by atoms with Gasteiger partial charge in [0.25, 0.3) is 0 Å². The molecule has 3 aromatic heterocycles. The number of anilines is 1. The van der Waals surface area contributed by atoms with Crippen molar-refractivity contribution in [3.05, 3.63) is 48.3 Å². The Morgan fingerprint density at radius 1 is 1.24 bits per heavy atom. The van der Waals surface area contributed by atoms with Gasteiger partial charge in [-0.3, -0.25) is 9.47 Å². The van der Waals surface area contributed by atoms with E-state index in [1.807, 2.05) is 45.0 Å². The molecule has 0 spiro atoms. The van der Waals surface area contributed by atoms with Gasteiger partial charge in [0.1, 0.15) is 27.9 Å². The molecule has 2 N–H and O–H groups in total. The molecule has 34 heavy (non-hydrogen) atoms. The molecular weight excluding hydrogens is 454 g/mol. The van der Waals surface area contributed by atoms with Crippen LogP contribution in [0.15, 0.2) is 43.1 Å². The molecule has 1 aliphatic heterocycles. The third-order valence-corrected chi connectivity index (χ3v) is 5.86. The Bertz CT molecular complexity index is 1200. The van der Waals surface area contributed by atoms with Gasteiger partial charge in [0.2, 0.25) is 0 Å². The molecule has 1 saturated heterocycles. The van der Waals surface area contributed by atoms with Gasteiger partial charge in [0, 0.05) is 32.4 Å². The van der Waals surface area contributed by atoms with Gasteiger partial charge in [0.05, 0.1) is 11.7 Å². The highest BCUT2D eigenvalue weighted by Gasteiger charge is 2.32. The largest absolute Gasteiger partial charge is 0.444 e. The molecule has 0 saturated carbocycles. The van der Waals surface area contributed by atoms with Crippen molar-refractivity contribution in [2.45, 2.75) is 39.0 Å². The number of pyridine rings is 2. The molecule has 0 radical (unpaired) electrons. The van der Waals surface area contributed by atoms with Gasteiger partial charge in [-0.2, -0.15) is 0 Å². The number of nitrogen functional groups attached to an aromatic ring is 1. The zero-order valence-electron chi connectivity index (χ0n) is 19.7. The number of carbonyl (C=O) groups is 1. The van der Waals surface area contributed by atoms with Crippen LogP contribution in [0.2, 0.25) is 5.15 Å². The minimum Gasteiger partial charge on any atom is -0.444 e. The standard InChI is InChI=1S/C24H30ClN7O2/c1-5-7-19(30-12-14-31(15-13-30)23(33)34-24(2,3)4)32-21(16-8-6-11-27-20(16)26)28-17-9-10-18(25)29-22(17)32/h5-6,8-11,19H,1,7,12-15H2,2-4H3,(H2,26,27). The number of imidazole rings is 1. The SMILES string of the molecule is C=CCC(N1CCN(C(=O)OC(C)(C)C)CC1)n1c(-c2cccnc2N)nc2ccc(Cl)nc21. The minimum absolute atomic E-state index is 0.149. The van der Waals surface area contributed by atoms with E-state index in [0.29, 0.717) is 60.6 Å². The van der Waals surface area contributed by atoms with Crippen molar-refractivity contribution in [3.8, 4) is 11.4 Å². The molecule has 0 bridgehead atoms. The average molecular weight is 484 g/mol. The van der Waals surface area contributed by atoms with Crippen LogP contribution < -0.4 is 5.73 Å². The fraction of sp³-hybridized carbons (Fsp3) is 0.417. The van der Waals surface area contributed by atoms with Gasteiger partial charge in [-0.15, -0.1) is 6.58 Å². The van der Waals surface area contributed by atoms with E-state index in [-0.39, 0.29) is 12.3 Å². The predicted octanol–water partition coefficient (Wildman–Crippen LogP) is 4.36. The van der Waals surface area contributed by atoms with E-state index in [1.54, 1.807) is 17.2 Å². The summed E-state index contributed by atoms with van der Waals surface area (Å²) in [6.45, 7) is 12.0. The number of carbonyl (C=O) groups excluding carboxylic acids is 1. The van der Waals surface area contributed by atoms with E-state index in [0.717, 1.165) is 5.56 Å². The normalized spacial score (nSPS) is 15.9. The Kier molecular flexibility index (Phi) is 6.77. The van der Waals surface area contributed by atoms with Crippen LogP contribution >= 0.6 is 11.6 Å². The highest BCUT2D eigenvalue weighted by atomic mass is 35.5. The molecule has 10 heteroatoms. The van der Waals surface area contributed by atoms with E-state index in [9.17, 15) is 4.79 Å². The molecule has 1 amide bonds. The number of halogens is 1. The molecule has 9 nitrogen and oxygen atoms in total. The Hall–Kier alpha value is -3.17. The predicted molar refractivity (Wildman–Crippen MR) is 133 cm³/mol. The number of amides is 1. The summed E-state index contributed by atoms with van der Waals surface area (Å²) in [5.74, 6) is 1.05. The van der Waals surface area contributed by atoms with E-state index in [2.05, 4.69) is 26.0 Å². The van der Waals surface area contributed by atoms with Crippen LogP contribution in [0.1, 0.15) is 33.4 Å². The summed E-state index contributed by atoms with van der Waals surface area (Å²) in [7, 11) is 0. The number of aromatic nitrogens is 4. The molecule has 1 fully saturated rings. The minimum atomic E-state index is -0.529. The highest BCUT2D eigenvalue weighted by Crippen LogP contribution is 2.34. The van der Waals surface area contributed by atoms with Gasteiger partial charge in [0.15, 0.2) is 5.65 Å². The maximum absolute atomic E-state index is 12.5. The van der Waals surface area contributed by atoms with Crippen molar-refractivity contribution in [3.63, 3.8) is 0 Å². The van der Waals surface area contributed by atoms with Gasteiger partial charge >= 0.3 is 6.09 Å². The van der Waals surface area contributed by atoms with Crippen molar-refractivity contribution in [1.29, 1.82) is 0 Å². The summed E-state index contributed by atoms with van der Waals surface area (Å²) in [4.78, 5) is 30.3. The molecule has 4 rings (SSSR count). The molecule has 1 unspecified atom stereocenters. The number of nitrogens with two attached hydrogens (primary N) is 1. The van der Waals surface area contributed by atoms with Crippen LogP contribution in [0.4, 0.5) is 10.6 Å². The topological polar surface area (TPSA) is 102 Å². The van der Waals surface area contributed by atoms with Crippen molar-refractivity contribution >= 4 is 34.7 Å². The van der Waals surface area contributed by atoms with Crippen molar-refractivity contribution < 1.29 is 9.53 Å². The zero-order chi connectivity index (χ0) is 24.5. The number of nitrogens with zero attached hydrogens (tertiary/aromatic N) is 6. The van der Waals surface area contributed by atoms with E-state index in [4.69, 9.17) is 27.1 Å². The lowest BCUT2D eigenvalue weighted by Gasteiger charge is -2.40. The smallest absolute Gasteiger partial charge is 0.410 e. The van der Waals surface area contributed by atoms with E-state index >= 15 is 0 Å². The summed E-state index contributed by atoms with van der Waals surface area (Å²) >= 11 is 6.27. The highest BCUT2D eigenvalue weighted by molar-refractivity contribution is 6.29. The monoisotopic (exact) mass is 483 g/mol. The molecule has 1 atom stereocenters. The molecule has 0 aliphatic carbocycles. The second-order valence-electron chi connectivity index (χ2n) is 9.23. The lowest BCUT2D eigenvalue weighted by atomic mass is 10.2. The molecular formula is C24H30ClN7O2. The zero-order valence-corrected chi connectivity index (χ0v) is 20.5. The van der Waals surface area contributed by atoms with Gasteiger partial charge < -0.3 is 15.4 Å². The summed E-state index contributed by atoms with van der Waals surface area (Å²) in [5, 5.41) is 0.381. The lowest BCUT2D eigenvalue weighted by molar-refractivity contribution is 0.00582. The lowest BCUT2D eigenvalue weighted by Crippen LogP contribution is -2.51. The Balaban J connectivity index is 1.70. The van der Waals surface area contributed by atoms with Crippen LogP contribution in [0.3, 0.4) is 0 Å². The Morgan fingerprint density at radius 3 is 2.62 bits per heavy atom. The van der Waals surface area contributed by atoms with Crippen LogP contribution in [0.5, 0.6) is 0 Å². The van der Waals surface area contributed by atoms with Gasteiger partial charge in [-0.25, -0.2) is 19.7 Å². The second kappa shape index (κ2) is 9.60. The van der Waals surface area contributed by atoms with Crippen molar-refractivity contribution in [2.24, 2.45) is 0 Å². The first-order valence-corrected chi connectivity index (χ1v) is 11.6. The first kappa shape index (κ1) is 24.0. The molecule has 3 aromatic rings. The molecule has 0 aromatic carbocycles. The molecule has 180 valence electrons. The van der Waals surface area contributed by atoms with Crippen LogP contribution in [-0.4, -0.2) is 67.2 Å². The number of fused-ring (bicyclic) bond motifs is 1. The maximum Gasteiger partial charge on any atom is 0.410 e. The van der Waals surface area contributed by atoms with E-state index in [1.165, 1.54) is 0 Å². The third kappa shape index (κ3) is 5.00. The van der Waals surface area contributed by atoms with Gasteiger partial charge in [-0.1, -0.05) is 17.7 Å². The maximum atomic E-state index is 12.5. The first-order valence-electron chi connectivity index (χ1n) is 11.3. The molecule has 1 aliphatic rings. The number of rotatable bonds is 5. The number of hydrogen-bond acceptors (Lipinski definition) is 7. The van der Waals surface area contributed by atoms with Crippen LogP contribution in [0, 0.1) is 0 Å². The number of ether oxygens (including phenoxy) is 1. The Morgan fingerprint density at radius 2 is 1.97 bits per heavy atom. The fourth-order valence-corrected chi connectivity index (χ4v) is 4.27. The van der Waals surface area contributed by atoms with Crippen molar-refractivity contribution in [2.75, 3.05) is 31.9 Å². The molecule has 4 heterocycles. The summed E-state index contributed by atoms with van der Waals surface area (Å²) < 4.78 is 7.60.